The molecule has 0 aliphatic heterocycles. The van der Waals surface area contributed by atoms with Crippen molar-refractivity contribution >= 4 is 34.8 Å². The fraction of sp³-hybridized carbons (Fsp3) is 0.100. The maximum Gasteiger partial charge on any atom is 0.337 e. The summed E-state index contributed by atoms with van der Waals surface area (Å²) in [4.78, 5) is 16.6. The molecule has 2 aromatic heterocycles. The van der Waals surface area contributed by atoms with Gasteiger partial charge in [0.15, 0.2) is 5.65 Å². The molecule has 0 fully saturated rings. The summed E-state index contributed by atoms with van der Waals surface area (Å²) in [5.41, 5.74) is 6.42. The molecule has 3 aromatic carbocycles. The number of hydrogen-bond acceptors (Lipinski definition) is 6. The first-order chi connectivity index (χ1) is 18.1. The number of fused-ring (bicyclic) bond motifs is 3. The number of nitrogens with zero attached hydrogens (tertiary/aromatic N) is 3. The van der Waals surface area contributed by atoms with Crippen LogP contribution in [0.3, 0.4) is 0 Å². The van der Waals surface area contributed by atoms with Crippen LogP contribution in [0.4, 0.5) is 0 Å². The smallest absolute Gasteiger partial charge is 0.337 e. The topological polar surface area (TPSA) is 85.8 Å². The Labute approximate surface area is 213 Å². The largest absolute Gasteiger partial charge is 0.497 e. The lowest BCUT2D eigenvalue weighted by Gasteiger charge is -2.13. The van der Waals surface area contributed by atoms with Gasteiger partial charge in [-0.1, -0.05) is 36.4 Å². The lowest BCUT2D eigenvalue weighted by atomic mass is 10.0. The average Bonchev–Trinajstić information content (AvgIpc) is 3.34. The van der Waals surface area contributed by atoms with Gasteiger partial charge < -0.3 is 14.2 Å². The molecule has 0 N–H and O–H groups in total. The molecule has 0 unspecified atom stereocenters. The van der Waals surface area contributed by atoms with Crippen LogP contribution in [-0.4, -0.2) is 36.7 Å². The fourth-order valence-electron chi connectivity index (χ4n) is 4.30. The predicted molar refractivity (Wildman–Crippen MR) is 143 cm³/mol. The lowest BCUT2D eigenvalue weighted by Crippen LogP contribution is -2.00. The second kappa shape index (κ2) is 9.88. The Morgan fingerprint density at radius 3 is 2.27 bits per heavy atom. The molecule has 0 saturated heterocycles. The van der Waals surface area contributed by atoms with E-state index in [1.807, 2.05) is 77.2 Å². The molecule has 0 aliphatic carbocycles. The number of esters is 1. The van der Waals surface area contributed by atoms with Crippen molar-refractivity contribution in [1.82, 2.24) is 9.38 Å². The maximum atomic E-state index is 11.7. The minimum atomic E-state index is -0.391. The molecule has 2 heterocycles. The molecule has 7 heteroatoms. The molecule has 7 nitrogen and oxygen atoms in total. The first-order valence-corrected chi connectivity index (χ1v) is 11.5. The van der Waals surface area contributed by atoms with Gasteiger partial charge in [0.1, 0.15) is 23.1 Å². The van der Waals surface area contributed by atoms with Gasteiger partial charge >= 0.3 is 5.97 Å². The number of para-hydroxylation sites is 2. The highest BCUT2D eigenvalue weighted by Crippen LogP contribution is 2.35. The number of benzene rings is 3. The summed E-state index contributed by atoms with van der Waals surface area (Å²) in [5, 5.41) is 10.2. The number of pyridine rings is 1. The van der Waals surface area contributed by atoms with Crippen LogP contribution in [0.2, 0.25) is 0 Å². The van der Waals surface area contributed by atoms with Crippen LogP contribution in [0.25, 0.3) is 40.1 Å². The first-order valence-electron chi connectivity index (χ1n) is 11.5. The molecule has 0 bridgehead atoms. The lowest BCUT2D eigenvalue weighted by molar-refractivity contribution is 0.0600. The number of carbonyl (C=O) groups excluding carboxylic acids is 1. The van der Waals surface area contributed by atoms with Gasteiger partial charge in [-0.3, -0.25) is 4.40 Å². The SMILES string of the molecule is COC(=O)c1ccc(C=Cc2cc(-c3cc(OC)cc(OC)c3)n3c(nc4ccccc43)c2C#N)cc1. The Balaban J connectivity index is 1.73. The first kappa shape index (κ1) is 23.6. The third-order valence-corrected chi connectivity index (χ3v) is 6.15. The number of ether oxygens (including phenoxy) is 3. The molecule has 0 saturated carbocycles. The zero-order valence-electron chi connectivity index (χ0n) is 20.6. The van der Waals surface area contributed by atoms with Gasteiger partial charge in [0.05, 0.1) is 43.6 Å². The number of imidazole rings is 1. The van der Waals surface area contributed by atoms with Crippen molar-refractivity contribution < 1.29 is 19.0 Å². The van der Waals surface area contributed by atoms with E-state index in [0.29, 0.717) is 33.8 Å². The summed E-state index contributed by atoms with van der Waals surface area (Å²) in [6, 6.07) is 24.8. The standard InChI is InChI=1S/C30H23N3O4/c1-35-23-14-22(15-24(17-23)36-2)28-16-21(13-10-19-8-11-20(12-9-19)30(34)37-3)25(18-31)29-32-26-6-4-5-7-27(26)33(28)29/h4-17H,1-3H3. The highest BCUT2D eigenvalue weighted by molar-refractivity contribution is 5.91. The van der Waals surface area contributed by atoms with Crippen molar-refractivity contribution in [3.8, 4) is 28.8 Å². The molecule has 5 rings (SSSR count). The Bertz CT molecular complexity index is 1690. The van der Waals surface area contributed by atoms with Crippen LogP contribution >= 0.6 is 0 Å². The summed E-state index contributed by atoms with van der Waals surface area (Å²) < 4.78 is 17.8. The summed E-state index contributed by atoms with van der Waals surface area (Å²) in [6.45, 7) is 0. The van der Waals surface area contributed by atoms with Crippen molar-refractivity contribution in [2.75, 3.05) is 21.3 Å². The molecule has 0 aliphatic rings. The van der Waals surface area contributed by atoms with E-state index in [1.54, 1.807) is 26.4 Å². The second-order valence-electron chi connectivity index (χ2n) is 8.28. The second-order valence-corrected chi connectivity index (χ2v) is 8.28. The molecule has 5 aromatic rings. The normalized spacial score (nSPS) is 11.1. The van der Waals surface area contributed by atoms with E-state index in [-0.39, 0.29) is 0 Å². The summed E-state index contributed by atoms with van der Waals surface area (Å²) in [5.74, 6) is 0.913. The van der Waals surface area contributed by atoms with Crippen molar-refractivity contribution in [1.29, 1.82) is 5.26 Å². The molecule has 37 heavy (non-hydrogen) atoms. The maximum absolute atomic E-state index is 11.7. The van der Waals surface area contributed by atoms with Crippen LogP contribution in [-0.2, 0) is 4.74 Å². The highest BCUT2D eigenvalue weighted by Gasteiger charge is 2.18. The van der Waals surface area contributed by atoms with E-state index >= 15 is 0 Å². The van der Waals surface area contributed by atoms with Crippen LogP contribution < -0.4 is 9.47 Å². The number of rotatable bonds is 6. The van der Waals surface area contributed by atoms with Gasteiger partial charge in [-0.05, 0) is 53.6 Å². The average molecular weight is 490 g/mol. The van der Waals surface area contributed by atoms with Crippen LogP contribution in [0.5, 0.6) is 11.5 Å². The molecular weight excluding hydrogens is 466 g/mol. The minimum Gasteiger partial charge on any atom is -0.497 e. The Morgan fingerprint density at radius 2 is 1.62 bits per heavy atom. The minimum absolute atomic E-state index is 0.391. The van der Waals surface area contributed by atoms with Crippen molar-refractivity contribution in [2.45, 2.75) is 0 Å². The van der Waals surface area contributed by atoms with E-state index < -0.39 is 5.97 Å². The predicted octanol–water partition coefficient (Wildman–Crippen LogP) is 6.00. The summed E-state index contributed by atoms with van der Waals surface area (Å²) in [6.07, 6.45) is 3.78. The molecule has 0 atom stereocenters. The van der Waals surface area contributed by atoms with Gasteiger partial charge in [-0.2, -0.15) is 5.26 Å². The van der Waals surface area contributed by atoms with Crippen molar-refractivity contribution in [2.24, 2.45) is 0 Å². The van der Waals surface area contributed by atoms with Gasteiger partial charge in [0, 0.05) is 11.6 Å². The monoisotopic (exact) mass is 489 g/mol. The molecule has 0 amide bonds. The van der Waals surface area contributed by atoms with Gasteiger partial charge in [-0.25, -0.2) is 9.78 Å². The zero-order valence-corrected chi connectivity index (χ0v) is 20.6. The Hall–Kier alpha value is -5.09. The quantitative estimate of drug-likeness (QED) is 0.272. The number of methoxy groups -OCH3 is 3. The van der Waals surface area contributed by atoms with E-state index in [9.17, 15) is 10.1 Å². The van der Waals surface area contributed by atoms with Gasteiger partial charge in [-0.15, -0.1) is 0 Å². The van der Waals surface area contributed by atoms with Crippen molar-refractivity contribution in [3.63, 3.8) is 0 Å². The van der Waals surface area contributed by atoms with E-state index in [0.717, 1.165) is 27.9 Å². The third kappa shape index (κ3) is 4.37. The highest BCUT2D eigenvalue weighted by atomic mass is 16.5. The van der Waals surface area contributed by atoms with Crippen molar-refractivity contribution in [3.05, 3.63) is 95.1 Å². The Morgan fingerprint density at radius 1 is 0.919 bits per heavy atom. The van der Waals surface area contributed by atoms with Gasteiger partial charge in [0.2, 0.25) is 0 Å². The molecule has 0 spiro atoms. The van der Waals surface area contributed by atoms with Crippen LogP contribution in [0, 0.1) is 11.3 Å². The number of carbonyl (C=O) groups is 1. The fourth-order valence-corrected chi connectivity index (χ4v) is 4.30. The Kier molecular flexibility index (Phi) is 6.31. The third-order valence-electron chi connectivity index (χ3n) is 6.15. The number of hydrogen-bond donors (Lipinski definition) is 0. The summed E-state index contributed by atoms with van der Waals surface area (Å²) >= 11 is 0. The molecule has 0 radical (unpaired) electrons. The van der Waals surface area contributed by atoms with E-state index in [2.05, 4.69) is 6.07 Å². The number of nitriles is 1. The van der Waals surface area contributed by atoms with Crippen LogP contribution in [0.15, 0.2) is 72.8 Å². The van der Waals surface area contributed by atoms with E-state index in [1.165, 1.54) is 7.11 Å². The number of aromatic nitrogens is 2. The van der Waals surface area contributed by atoms with E-state index in [4.69, 9.17) is 19.2 Å². The van der Waals surface area contributed by atoms with Crippen LogP contribution in [0.1, 0.15) is 27.0 Å². The van der Waals surface area contributed by atoms with Gasteiger partial charge in [0.25, 0.3) is 0 Å². The zero-order chi connectivity index (χ0) is 25.9. The summed E-state index contributed by atoms with van der Waals surface area (Å²) in [7, 11) is 4.57. The molecule has 182 valence electrons. The molecular formula is C30H23N3O4.